The second-order valence-corrected chi connectivity index (χ2v) is 8.21. The summed E-state index contributed by atoms with van der Waals surface area (Å²) in [6.45, 7) is 1.01. The van der Waals surface area contributed by atoms with Gasteiger partial charge in [0.15, 0.2) is 0 Å². The maximum Gasteiger partial charge on any atom is 0.312 e. The number of rotatable bonds is 14. The minimum Gasteiger partial charge on any atom is -0.461 e. The number of hydrogen-bond donors (Lipinski definition) is 5. The number of esters is 1. The molecule has 1 aliphatic heterocycles. The molecule has 7 amide bonds. The molecule has 0 aromatic heterocycles. The van der Waals surface area contributed by atoms with E-state index in [-0.39, 0.29) is 39.1 Å². The van der Waals surface area contributed by atoms with E-state index in [1.807, 2.05) is 0 Å². The summed E-state index contributed by atoms with van der Waals surface area (Å²) in [7, 11) is 0. The minimum absolute atomic E-state index is 0.100. The van der Waals surface area contributed by atoms with Gasteiger partial charge in [0.25, 0.3) is 11.8 Å². The standard InChI is InChI=1S/C24H30N6O8/c1-15(31)38-14-16-4-6-17(7-5-16)28-20(33)13-27-23(36)18(3-2-11-26-24(25)37)29-19(32)10-12-30-21(34)8-9-22(30)35/h4-9,18H,2-3,10-14H2,1H3,(H,27,36)(H,28,33)(H,29,32)(H3,25,26,37). The molecule has 38 heavy (non-hydrogen) atoms. The lowest BCUT2D eigenvalue weighted by Crippen LogP contribution is -2.49. The molecule has 0 fully saturated rings. The van der Waals surface area contributed by atoms with Gasteiger partial charge in [-0.1, -0.05) is 12.1 Å². The summed E-state index contributed by atoms with van der Waals surface area (Å²) >= 11 is 0. The average molecular weight is 531 g/mol. The Bertz CT molecular complexity index is 1080. The van der Waals surface area contributed by atoms with Crippen LogP contribution in [0.5, 0.6) is 0 Å². The molecule has 1 atom stereocenters. The first-order valence-corrected chi connectivity index (χ1v) is 11.7. The molecule has 1 aromatic rings. The van der Waals surface area contributed by atoms with Crippen LogP contribution in [0.3, 0.4) is 0 Å². The number of nitrogens with zero attached hydrogens (tertiary/aromatic N) is 1. The fourth-order valence-electron chi connectivity index (χ4n) is 3.28. The number of imide groups is 1. The van der Waals surface area contributed by atoms with E-state index in [4.69, 9.17) is 10.5 Å². The summed E-state index contributed by atoms with van der Waals surface area (Å²) in [5.74, 6) is -3.21. The van der Waals surface area contributed by atoms with E-state index < -0.39 is 47.6 Å². The first-order valence-electron chi connectivity index (χ1n) is 11.7. The molecule has 1 aliphatic rings. The second-order valence-electron chi connectivity index (χ2n) is 8.21. The van der Waals surface area contributed by atoms with E-state index in [0.717, 1.165) is 22.6 Å². The molecule has 0 radical (unpaired) electrons. The summed E-state index contributed by atoms with van der Waals surface area (Å²) in [6, 6.07) is 4.77. The van der Waals surface area contributed by atoms with Gasteiger partial charge >= 0.3 is 12.0 Å². The fraction of sp³-hybridized carbons (Fsp3) is 0.375. The van der Waals surface area contributed by atoms with Crippen molar-refractivity contribution in [3.05, 3.63) is 42.0 Å². The molecule has 1 aromatic carbocycles. The predicted molar refractivity (Wildman–Crippen MR) is 133 cm³/mol. The highest BCUT2D eigenvalue weighted by Gasteiger charge is 2.25. The van der Waals surface area contributed by atoms with Crippen LogP contribution in [0.1, 0.15) is 31.7 Å². The van der Waals surface area contributed by atoms with Crippen LogP contribution in [0.4, 0.5) is 10.5 Å². The maximum absolute atomic E-state index is 12.7. The number of urea groups is 1. The van der Waals surface area contributed by atoms with E-state index >= 15 is 0 Å². The molecule has 0 saturated carbocycles. The van der Waals surface area contributed by atoms with Crippen LogP contribution >= 0.6 is 0 Å². The molecule has 1 heterocycles. The zero-order valence-corrected chi connectivity index (χ0v) is 20.8. The Kier molecular flexibility index (Phi) is 11.4. The highest BCUT2D eigenvalue weighted by atomic mass is 16.5. The lowest BCUT2D eigenvalue weighted by atomic mass is 10.1. The SMILES string of the molecule is CC(=O)OCc1ccc(NC(=O)CNC(=O)C(CCCNC(N)=O)NC(=O)CCN2C(=O)C=CC2=O)cc1. The molecular weight excluding hydrogens is 500 g/mol. The largest absolute Gasteiger partial charge is 0.461 e. The molecule has 204 valence electrons. The van der Waals surface area contributed by atoms with Crippen molar-refractivity contribution in [3.63, 3.8) is 0 Å². The van der Waals surface area contributed by atoms with Crippen molar-refractivity contribution in [1.82, 2.24) is 20.9 Å². The summed E-state index contributed by atoms with van der Waals surface area (Å²) < 4.78 is 4.90. The van der Waals surface area contributed by atoms with Crippen molar-refractivity contribution in [3.8, 4) is 0 Å². The molecule has 0 spiro atoms. The number of ether oxygens (including phenoxy) is 1. The smallest absolute Gasteiger partial charge is 0.312 e. The van der Waals surface area contributed by atoms with Crippen LogP contribution in [-0.4, -0.2) is 72.1 Å². The quantitative estimate of drug-likeness (QED) is 0.115. The summed E-state index contributed by atoms with van der Waals surface area (Å²) in [5.41, 5.74) is 6.21. The van der Waals surface area contributed by atoms with Crippen LogP contribution in [0, 0.1) is 0 Å². The third-order valence-electron chi connectivity index (χ3n) is 5.19. The first kappa shape index (κ1) is 29.5. The van der Waals surface area contributed by atoms with E-state index in [0.29, 0.717) is 12.1 Å². The van der Waals surface area contributed by atoms with E-state index in [2.05, 4.69) is 21.3 Å². The van der Waals surface area contributed by atoms with Crippen LogP contribution in [0.2, 0.25) is 0 Å². The number of nitrogens with one attached hydrogen (secondary N) is 4. The number of amides is 7. The van der Waals surface area contributed by atoms with Gasteiger partial charge in [0.2, 0.25) is 17.7 Å². The van der Waals surface area contributed by atoms with Crippen LogP contribution in [0.15, 0.2) is 36.4 Å². The topological polar surface area (TPSA) is 206 Å². The molecular formula is C24H30N6O8. The third kappa shape index (κ3) is 10.5. The highest BCUT2D eigenvalue weighted by molar-refractivity contribution is 6.13. The Morgan fingerprint density at radius 2 is 1.63 bits per heavy atom. The Hall–Kier alpha value is -4.75. The van der Waals surface area contributed by atoms with Crippen molar-refractivity contribution in [1.29, 1.82) is 0 Å². The molecule has 14 nitrogen and oxygen atoms in total. The van der Waals surface area contributed by atoms with Gasteiger partial charge in [0, 0.05) is 44.3 Å². The minimum atomic E-state index is -1.05. The van der Waals surface area contributed by atoms with Crippen LogP contribution < -0.4 is 27.0 Å². The summed E-state index contributed by atoms with van der Waals surface area (Å²) in [6.07, 6.45) is 2.39. The fourth-order valence-corrected chi connectivity index (χ4v) is 3.28. The molecule has 1 unspecified atom stereocenters. The van der Waals surface area contributed by atoms with E-state index in [1.54, 1.807) is 24.3 Å². The Morgan fingerprint density at radius 3 is 2.24 bits per heavy atom. The number of carbonyl (C=O) groups excluding carboxylic acids is 7. The van der Waals surface area contributed by atoms with E-state index in [9.17, 15) is 33.6 Å². The first-order chi connectivity index (χ1) is 18.0. The van der Waals surface area contributed by atoms with Crippen molar-refractivity contribution >= 4 is 47.2 Å². The predicted octanol–water partition coefficient (Wildman–Crippen LogP) is -0.947. The monoisotopic (exact) mass is 530 g/mol. The van der Waals surface area contributed by atoms with Crippen molar-refractivity contribution in [2.75, 3.05) is 25.0 Å². The Labute approximate surface area is 218 Å². The molecule has 0 saturated heterocycles. The second kappa shape index (κ2) is 14.7. The van der Waals surface area contributed by atoms with Gasteiger partial charge in [-0.2, -0.15) is 0 Å². The Morgan fingerprint density at radius 1 is 0.974 bits per heavy atom. The van der Waals surface area contributed by atoms with Gasteiger partial charge in [-0.25, -0.2) is 4.79 Å². The summed E-state index contributed by atoms with van der Waals surface area (Å²) in [5, 5.41) is 9.96. The number of benzene rings is 1. The van der Waals surface area contributed by atoms with Gasteiger partial charge in [-0.15, -0.1) is 0 Å². The zero-order valence-electron chi connectivity index (χ0n) is 20.8. The molecule has 0 aliphatic carbocycles. The average Bonchev–Trinajstić information content (AvgIpc) is 3.19. The Balaban J connectivity index is 1.86. The number of carbonyl (C=O) groups is 7. The maximum atomic E-state index is 12.7. The lowest BCUT2D eigenvalue weighted by molar-refractivity contribution is -0.142. The summed E-state index contributed by atoms with van der Waals surface area (Å²) in [4.78, 5) is 83.3. The normalized spacial score (nSPS) is 13.0. The zero-order chi connectivity index (χ0) is 28.1. The van der Waals surface area contributed by atoms with Crippen LogP contribution in [-0.2, 0) is 40.1 Å². The van der Waals surface area contributed by atoms with Gasteiger partial charge in [0.1, 0.15) is 12.6 Å². The molecule has 14 heteroatoms. The van der Waals surface area contributed by atoms with Gasteiger partial charge in [0.05, 0.1) is 6.54 Å². The van der Waals surface area contributed by atoms with Crippen LogP contribution in [0.25, 0.3) is 0 Å². The molecule has 2 rings (SSSR count). The number of nitrogens with two attached hydrogens (primary N) is 1. The van der Waals surface area contributed by atoms with Gasteiger partial charge in [-0.05, 0) is 30.5 Å². The lowest BCUT2D eigenvalue weighted by Gasteiger charge is -2.19. The molecule has 6 N–H and O–H groups in total. The van der Waals surface area contributed by atoms with Gasteiger partial charge < -0.3 is 31.7 Å². The highest BCUT2D eigenvalue weighted by Crippen LogP contribution is 2.10. The van der Waals surface area contributed by atoms with Crippen molar-refractivity contribution in [2.45, 2.75) is 38.8 Å². The molecule has 0 bridgehead atoms. The van der Waals surface area contributed by atoms with E-state index in [1.165, 1.54) is 6.92 Å². The van der Waals surface area contributed by atoms with Crippen molar-refractivity contribution in [2.24, 2.45) is 5.73 Å². The number of anilines is 1. The number of primary amides is 1. The number of hydrogen-bond acceptors (Lipinski definition) is 8. The van der Waals surface area contributed by atoms with Gasteiger partial charge in [-0.3, -0.25) is 33.7 Å². The van der Waals surface area contributed by atoms with Crippen molar-refractivity contribution < 1.29 is 38.3 Å². The third-order valence-corrected chi connectivity index (χ3v) is 5.19.